The van der Waals surface area contributed by atoms with Crippen molar-refractivity contribution in [1.29, 1.82) is 0 Å². The summed E-state index contributed by atoms with van der Waals surface area (Å²) in [5, 5.41) is -0.170. The molecule has 2 aromatic heterocycles. The van der Waals surface area contributed by atoms with Crippen LogP contribution in [0.25, 0.3) is 34.0 Å². The summed E-state index contributed by atoms with van der Waals surface area (Å²) in [4.78, 5) is 27.6. The van der Waals surface area contributed by atoms with Crippen LogP contribution in [-0.2, 0) is 9.59 Å². The second-order valence-corrected chi connectivity index (χ2v) is 9.84. The standard InChI is InChI=1S/C26H16O4S2/c1-13-3-6-16-21(11-13)31-25(27)23(16)24-17-7-5-15(12-22(17)32-26(24)28)18-9-10-20(30-18)19-8-4-14(2)29-19/h3-12H,1-2H3/b24-23+. The fourth-order valence-corrected chi connectivity index (χ4v) is 6.09. The summed E-state index contributed by atoms with van der Waals surface area (Å²) in [6.45, 7) is 3.89. The van der Waals surface area contributed by atoms with E-state index in [-0.39, 0.29) is 10.2 Å². The Morgan fingerprint density at radius 3 is 1.91 bits per heavy atom. The lowest BCUT2D eigenvalue weighted by Crippen LogP contribution is -1.99. The number of hydrogen-bond acceptors (Lipinski definition) is 6. The number of furan rings is 2. The molecule has 0 atom stereocenters. The Labute approximate surface area is 192 Å². The van der Waals surface area contributed by atoms with Gasteiger partial charge in [-0.25, -0.2) is 0 Å². The van der Waals surface area contributed by atoms with Gasteiger partial charge in [-0.05, 0) is 79.3 Å². The molecule has 0 amide bonds. The number of carbonyl (C=O) groups is 2. The number of aryl methyl sites for hydroxylation is 2. The topological polar surface area (TPSA) is 60.4 Å². The molecule has 0 N–H and O–H groups in total. The minimum Gasteiger partial charge on any atom is -0.458 e. The molecule has 6 heteroatoms. The minimum absolute atomic E-state index is 0.0732. The zero-order chi connectivity index (χ0) is 22.0. The van der Waals surface area contributed by atoms with E-state index in [0.717, 1.165) is 49.6 Å². The SMILES string of the molecule is Cc1ccc2c(c1)SC(=O)/C2=C1/C(=O)Sc2cc(-c3ccc(-c4ccc(C)o4)o3)ccc21. The van der Waals surface area contributed by atoms with Gasteiger partial charge >= 0.3 is 0 Å². The van der Waals surface area contributed by atoms with Crippen LogP contribution in [0.1, 0.15) is 22.5 Å². The molecule has 0 bridgehead atoms. The maximum Gasteiger partial charge on any atom is 0.225 e. The van der Waals surface area contributed by atoms with Gasteiger partial charge in [0.15, 0.2) is 11.5 Å². The van der Waals surface area contributed by atoms with E-state index in [1.165, 1.54) is 11.8 Å². The Morgan fingerprint density at radius 1 is 0.625 bits per heavy atom. The molecule has 0 unspecified atom stereocenters. The van der Waals surface area contributed by atoms with Crippen molar-refractivity contribution in [2.45, 2.75) is 23.6 Å². The molecule has 4 nitrogen and oxygen atoms in total. The first-order chi connectivity index (χ1) is 15.5. The van der Waals surface area contributed by atoms with Gasteiger partial charge < -0.3 is 8.83 Å². The van der Waals surface area contributed by atoms with Crippen LogP contribution in [0.4, 0.5) is 0 Å². The number of fused-ring (bicyclic) bond motifs is 2. The van der Waals surface area contributed by atoms with Gasteiger partial charge in [0, 0.05) is 37.6 Å². The molecule has 2 aliphatic rings. The molecule has 0 saturated heterocycles. The number of hydrogen-bond donors (Lipinski definition) is 0. The highest BCUT2D eigenvalue weighted by Gasteiger charge is 2.36. The first-order valence-electron chi connectivity index (χ1n) is 10.1. The normalized spacial score (nSPS) is 17.2. The predicted octanol–water partition coefficient (Wildman–Crippen LogP) is 7.00. The average molecular weight is 457 g/mol. The monoisotopic (exact) mass is 456 g/mol. The maximum atomic E-state index is 13.0. The smallest absolute Gasteiger partial charge is 0.225 e. The number of rotatable bonds is 2. The molecule has 0 fully saturated rings. The summed E-state index contributed by atoms with van der Waals surface area (Å²) in [6, 6.07) is 19.2. The van der Waals surface area contributed by atoms with E-state index in [0.29, 0.717) is 28.4 Å². The third kappa shape index (κ3) is 3.02. The lowest BCUT2D eigenvalue weighted by atomic mass is 9.95. The summed E-state index contributed by atoms with van der Waals surface area (Å²) < 4.78 is 11.6. The molecule has 4 heterocycles. The second-order valence-electron chi connectivity index (χ2n) is 7.81. The number of benzene rings is 2. The number of thioether (sulfide) groups is 2. The molecule has 6 rings (SSSR count). The third-order valence-electron chi connectivity index (χ3n) is 5.59. The van der Waals surface area contributed by atoms with E-state index in [4.69, 9.17) is 8.83 Å². The molecule has 0 spiro atoms. The molecule has 156 valence electrons. The van der Waals surface area contributed by atoms with E-state index < -0.39 is 0 Å². The third-order valence-corrected chi connectivity index (χ3v) is 7.49. The van der Waals surface area contributed by atoms with Crippen molar-refractivity contribution in [3.8, 4) is 22.8 Å². The Kier molecular flexibility index (Phi) is 4.35. The largest absolute Gasteiger partial charge is 0.458 e. The predicted molar refractivity (Wildman–Crippen MR) is 126 cm³/mol. The fourth-order valence-electron chi connectivity index (χ4n) is 4.07. The van der Waals surface area contributed by atoms with Crippen LogP contribution in [0.5, 0.6) is 0 Å². The van der Waals surface area contributed by atoms with Gasteiger partial charge in [-0.1, -0.05) is 24.3 Å². The molecule has 0 radical (unpaired) electrons. The Morgan fingerprint density at radius 2 is 1.22 bits per heavy atom. The van der Waals surface area contributed by atoms with Gasteiger partial charge in [0.25, 0.3) is 0 Å². The lowest BCUT2D eigenvalue weighted by Gasteiger charge is -2.06. The van der Waals surface area contributed by atoms with Crippen LogP contribution < -0.4 is 0 Å². The Bertz CT molecular complexity index is 1490. The van der Waals surface area contributed by atoms with E-state index in [1.54, 1.807) is 0 Å². The van der Waals surface area contributed by atoms with Crippen LogP contribution in [0.3, 0.4) is 0 Å². The highest BCUT2D eigenvalue weighted by atomic mass is 32.2. The van der Waals surface area contributed by atoms with Crippen molar-refractivity contribution >= 4 is 44.9 Å². The molecule has 2 aliphatic heterocycles. The van der Waals surface area contributed by atoms with E-state index in [9.17, 15) is 9.59 Å². The van der Waals surface area contributed by atoms with Crippen LogP contribution in [0, 0.1) is 13.8 Å². The molecule has 32 heavy (non-hydrogen) atoms. The zero-order valence-electron chi connectivity index (χ0n) is 17.2. The zero-order valence-corrected chi connectivity index (χ0v) is 18.9. The minimum atomic E-state index is -0.0966. The average Bonchev–Trinajstić information content (AvgIpc) is 3.52. The van der Waals surface area contributed by atoms with Crippen molar-refractivity contribution in [1.82, 2.24) is 0 Å². The van der Waals surface area contributed by atoms with Crippen molar-refractivity contribution in [2.75, 3.05) is 0 Å². The van der Waals surface area contributed by atoms with Gasteiger partial charge in [-0.3, -0.25) is 9.59 Å². The van der Waals surface area contributed by atoms with Crippen LogP contribution in [-0.4, -0.2) is 10.2 Å². The summed E-state index contributed by atoms with van der Waals surface area (Å²) in [6.07, 6.45) is 0. The lowest BCUT2D eigenvalue weighted by molar-refractivity contribution is -0.107. The van der Waals surface area contributed by atoms with Crippen LogP contribution in [0.2, 0.25) is 0 Å². The van der Waals surface area contributed by atoms with Gasteiger partial charge in [-0.15, -0.1) is 0 Å². The maximum absolute atomic E-state index is 13.0. The molecule has 4 aromatic rings. The summed E-state index contributed by atoms with van der Waals surface area (Å²) >= 11 is 2.36. The van der Waals surface area contributed by atoms with E-state index >= 15 is 0 Å². The quantitative estimate of drug-likeness (QED) is 0.303. The van der Waals surface area contributed by atoms with E-state index in [1.807, 2.05) is 74.5 Å². The first-order valence-corrected chi connectivity index (χ1v) is 11.7. The van der Waals surface area contributed by atoms with Crippen molar-refractivity contribution in [3.63, 3.8) is 0 Å². The first kappa shape index (κ1) is 19.5. The molecular weight excluding hydrogens is 440 g/mol. The highest BCUT2D eigenvalue weighted by molar-refractivity contribution is 8.16. The molecule has 0 saturated carbocycles. The molecule has 0 aliphatic carbocycles. The van der Waals surface area contributed by atoms with Crippen molar-refractivity contribution in [3.05, 3.63) is 83.1 Å². The fraction of sp³-hybridized carbons (Fsp3) is 0.0769. The van der Waals surface area contributed by atoms with Gasteiger partial charge in [0.1, 0.15) is 11.5 Å². The van der Waals surface area contributed by atoms with Crippen LogP contribution >= 0.6 is 23.5 Å². The van der Waals surface area contributed by atoms with E-state index in [2.05, 4.69) is 0 Å². The highest BCUT2D eigenvalue weighted by Crippen LogP contribution is 2.50. The summed E-state index contributed by atoms with van der Waals surface area (Å²) in [7, 11) is 0. The van der Waals surface area contributed by atoms with Crippen molar-refractivity contribution in [2.24, 2.45) is 0 Å². The second kappa shape index (κ2) is 7.15. The summed E-state index contributed by atoms with van der Waals surface area (Å²) in [5.74, 6) is 2.85. The Hall–Kier alpha value is -3.22. The van der Waals surface area contributed by atoms with Gasteiger partial charge in [0.05, 0.1) is 0 Å². The molecular formula is C26H16O4S2. The summed E-state index contributed by atoms with van der Waals surface area (Å²) in [5.41, 5.74) is 4.62. The Balaban J connectivity index is 1.42. The van der Waals surface area contributed by atoms with Crippen molar-refractivity contribution < 1.29 is 18.4 Å². The van der Waals surface area contributed by atoms with Gasteiger partial charge in [0.2, 0.25) is 10.2 Å². The van der Waals surface area contributed by atoms with Gasteiger partial charge in [-0.2, -0.15) is 0 Å². The van der Waals surface area contributed by atoms with Crippen LogP contribution in [0.15, 0.2) is 79.3 Å². The number of carbonyl (C=O) groups excluding carboxylic acids is 2. The molecule has 2 aromatic carbocycles.